The van der Waals surface area contributed by atoms with Crippen LogP contribution in [0.25, 0.3) is 0 Å². The molecule has 0 unspecified atom stereocenters. The summed E-state index contributed by atoms with van der Waals surface area (Å²) >= 11 is 3.28. The number of nitrogens with two attached hydrogens (primary N) is 1. The summed E-state index contributed by atoms with van der Waals surface area (Å²) in [6.45, 7) is 0.205. The number of amidine groups is 1. The van der Waals surface area contributed by atoms with Crippen LogP contribution in [0.5, 0.6) is 5.75 Å². The average Bonchev–Trinajstić information content (AvgIpc) is 2.47. The topological polar surface area (TPSA) is 80.7 Å². The summed E-state index contributed by atoms with van der Waals surface area (Å²) in [7, 11) is 0. The number of oxime groups is 1. The highest BCUT2D eigenvalue weighted by molar-refractivity contribution is 9.10. The lowest BCUT2D eigenvalue weighted by atomic mass is 10.2. The summed E-state index contributed by atoms with van der Waals surface area (Å²) in [5.41, 5.74) is 6.56. The molecule has 7 heteroatoms. The molecule has 1 heterocycles. The Kier molecular flexibility index (Phi) is 4.52. The van der Waals surface area contributed by atoms with Gasteiger partial charge in [0.25, 0.3) is 0 Å². The first-order chi connectivity index (χ1) is 9.60. The van der Waals surface area contributed by atoms with Crippen molar-refractivity contribution < 1.29 is 14.3 Å². The molecule has 0 spiro atoms. The van der Waals surface area contributed by atoms with Crippen molar-refractivity contribution in [2.75, 3.05) is 0 Å². The molecule has 0 radical (unpaired) electrons. The van der Waals surface area contributed by atoms with Gasteiger partial charge in [-0.05, 0) is 45.8 Å². The minimum atomic E-state index is -0.379. The Morgan fingerprint density at radius 3 is 2.95 bits per heavy atom. The minimum Gasteiger partial charge on any atom is -0.488 e. The summed E-state index contributed by atoms with van der Waals surface area (Å²) in [4.78, 5) is 3.96. The van der Waals surface area contributed by atoms with E-state index in [0.717, 1.165) is 5.56 Å². The summed E-state index contributed by atoms with van der Waals surface area (Å²) in [5.74, 6) is -0.0683. The van der Waals surface area contributed by atoms with Crippen molar-refractivity contribution in [2.24, 2.45) is 10.9 Å². The molecule has 0 aliphatic heterocycles. The van der Waals surface area contributed by atoms with Crippen LogP contribution in [0.15, 0.2) is 46.2 Å². The molecule has 0 aliphatic carbocycles. The van der Waals surface area contributed by atoms with E-state index in [0.29, 0.717) is 15.9 Å². The molecule has 1 aromatic carbocycles. The summed E-state index contributed by atoms with van der Waals surface area (Å²) in [6.07, 6.45) is 1.52. The molecule has 20 heavy (non-hydrogen) atoms. The molecular formula is C13H11BrFN3O2. The van der Waals surface area contributed by atoms with Gasteiger partial charge < -0.3 is 15.7 Å². The zero-order valence-electron chi connectivity index (χ0n) is 10.3. The molecule has 2 aromatic rings. The lowest BCUT2D eigenvalue weighted by Crippen LogP contribution is -2.15. The maximum atomic E-state index is 13.1. The molecule has 2 rings (SSSR count). The second-order valence-corrected chi connectivity index (χ2v) is 4.75. The molecular weight excluding hydrogens is 329 g/mol. The van der Waals surface area contributed by atoms with E-state index in [1.807, 2.05) is 0 Å². The van der Waals surface area contributed by atoms with Crippen LogP contribution in [0.4, 0.5) is 4.39 Å². The summed E-state index contributed by atoms with van der Waals surface area (Å²) < 4.78 is 19.3. The Bertz CT molecular complexity index is 649. The van der Waals surface area contributed by atoms with E-state index in [-0.39, 0.29) is 18.3 Å². The lowest BCUT2D eigenvalue weighted by molar-refractivity contribution is 0.302. The van der Waals surface area contributed by atoms with Gasteiger partial charge >= 0.3 is 0 Å². The predicted octanol–water partition coefficient (Wildman–Crippen LogP) is 2.66. The second kappa shape index (κ2) is 6.33. The largest absolute Gasteiger partial charge is 0.488 e. The number of benzene rings is 1. The van der Waals surface area contributed by atoms with E-state index in [4.69, 9.17) is 15.7 Å². The summed E-state index contributed by atoms with van der Waals surface area (Å²) in [5, 5.41) is 11.5. The average molecular weight is 340 g/mol. The normalized spacial score (nSPS) is 11.4. The highest BCUT2D eigenvalue weighted by Gasteiger charge is 2.06. The smallest absolute Gasteiger partial charge is 0.188 e. The highest BCUT2D eigenvalue weighted by Crippen LogP contribution is 2.26. The molecule has 5 nitrogen and oxygen atoms in total. The fourth-order valence-corrected chi connectivity index (χ4v) is 1.87. The number of hydrogen-bond donors (Lipinski definition) is 2. The van der Waals surface area contributed by atoms with Crippen LogP contribution in [0, 0.1) is 5.82 Å². The molecule has 0 amide bonds. The molecule has 104 valence electrons. The van der Waals surface area contributed by atoms with Crippen molar-refractivity contribution >= 4 is 21.8 Å². The Labute approximate surface area is 123 Å². The third-order valence-electron chi connectivity index (χ3n) is 2.48. The molecule has 0 saturated heterocycles. The minimum absolute atomic E-state index is 0.0845. The zero-order chi connectivity index (χ0) is 14.5. The Morgan fingerprint density at radius 2 is 2.20 bits per heavy atom. The van der Waals surface area contributed by atoms with Gasteiger partial charge in [0, 0.05) is 12.3 Å². The number of hydrogen-bond acceptors (Lipinski definition) is 4. The Hall–Kier alpha value is -2.15. The maximum absolute atomic E-state index is 13.1. The van der Waals surface area contributed by atoms with Crippen LogP contribution < -0.4 is 10.5 Å². The molecule has 1 aromatic heterocycles. The molecule has 3 N–H and O–H groups in total. The van der Waals surface area contributed by atoms with Gasteiger partial charge in [-0.3, -0.25) is 4.98 Å². The number of rotatable bonds is 4. The molecule has 0 saturated carbocycles. The number of ether oxygens (including phenoxy) is 1. The number of nitrogens with zero attached hydrogens (tertiary/aromatic N) is 2. The molecule has 0 aliphatic rings. The fourth-order valence-electron chi connectivity index (χ4n) is 1.50. The second-order valence-electron chi connectivity index (χ2n) is 3.90. The number of pyridine rings is 1. The van der Waals surface area contributed by atoms with Crippen LogP contribution >= 0.6 is 15.9 Å². The highest BCUT2D eigenvalue weighted by atomic mass is 79.9. The van der Waals surface area contributed by atoms with E-state index >= 15 is 0 Å². The Morgan fingerprint density at radius 1 is 1.40 bits per heavy atom. The quantitative estimate of drug-likeness (QED) is 0.388. The zero-order valence-corrected chi connectivity index (χ0v) is 11.8. The molecule has 0 atom stereocenters. The van der Waals surface area contributed by atoms with Gasteiger partial charge in [-0.15, -0.1) is 0 Å². The Balaban J connectivity index is 2.13. The lowest BCUT2D eigenvalue weighted by Gasteiger charge is -2.09. The third kappa shape index (κ3) is 3.45. The monoisotopic (exact) mass is 339 g/mol. The van der Waals surface area contributed by atoms with E-state index < -0.39 is 0 Å². The van der Waals surface area contributed by atoms with Crippen molar-refractivity contribution in [1.82, 2.24) is 4.98 Å². The standard InChI is InChI=1S/C13H11BrFN3O2/c14-10-2-1-9(15)6-12(10)20-7-8-3-4-17-11(5-8)13(16)18-19/h1-6,19H,7H2,(H2,16,18). The van der Waals surface area contributed by atoms with Crippen molar-refractivity contribution in [1.29, 1.82) is 0 Å². The number of aromatic nitrogens is 1. The maximum Gasteiger partial charge on any atom is 0.188 e. The van der Waals surface area contributed by atoms with Crippen molar-refractivity contribution in [3.05, 3.63) is 58.1 Å². The van der Waals surface area contributed by atoms with Gasteiger partial charge in [-0.25, -0.2) is 4.39 Å². The molecule has 0 fully saturated rings. The van der Waals surface area contributed by atoms with Gasteiger partial charge in [0.2, 0.25) is 0 Å². The van der Waals surface area contributed by atoms with Crippen LogP contribution in [-0.2, 0) is 6.61 Å². The van der Waals surface area contributed by atoms with Gasteiger partial charge in [0.15, 0.2) is 5.84 Å². The van der Waals surface area contributed by atoms with Gasteiger partial charge in [-0.1, -0.05) is 5.16 Å². The van der Waals surface area contributed by atoms with Crippen molar-refractivity contribution in [3.63, 3.8) is 0 Å². The van der Waals surface area contributed by atoms with Gasteiger partial charge in [-0.2, -0.15) is 0 Å². The molecule has 0 bridgehead atoms. The van der Waals surface area contributed by atoms with E-state index in [1.54, 1.807) is 18.2 Å². The van der Waals surface area contributed by atoms with Crippen LogP contribution in [0.3, 0.4) is 0 Å². The van der Waals surface area contributed by atoms with E-state index in [2.05, 4.69) is 26.1 Å². The van der Waals surface area contributed by atoms with E-state index in [1.165, 1.54) is 18.3 Å². The van der Waals surface area contributed by atoms with Gasteiger partial charge in [0.05, 0.1) is 4.47 Å². The summed E-state index contributed by atoms with van der Waals surface area (Å²) in [6, 6.07) is 7.54. The first-order valence-corrected chi connectivity index (χ1v) is 6.40. The fraction of sp³-hybridized carbons (Fsp3) is 0.0769. The van der Waals surface area contributed by atoms with Crippen LogP contribution in [0.2, 0.25) is 0 Å². The van der Waals surface area contributed by atoms with Crippen molar-refractivity contribution in [2.45, 2.75) is 6.61 Å². The van der Waals surface area contributed by atoms with Gasteiger partial charge in [0.1, 0.15) is 23.9 Å². The van der Waals surface area contributed by atoms with Crippen molar-refractivity contribution in [3.8, 4) is 5.75 Å². The van der Waals surface area contributed by atoms with Crippen LogP contribution in [-0.4, -0.2) is 16.0 Å². The van der Waals surface area contributed by atoms with Crippen LogP contribution in [0.1, 0.15) is 11.3 Å². The SMILES string of the molecule is N/C(=N/O)c1cc(COc2cc(F)ccc2Br)ccn1. The predicted molar refractivity (Wildman–Crippen MR) is 75.2 cm³/mol. The first-order valence-electron chi connectivity index (χ1n) is 5.61. The first kappa shape index (κ1) is 14.3. The number of halogens is 2. The van der Waals surface area contributed by atoms with E-state index in [9.17, 15) is 4.39 Å². The third-order valence-corrected chi connectivity index (χ3v) is 3.14.